The highest BCUT2D eigenvalue weighted by Crippen LogP contribution is 2.52. The molecule has 0 unspecified atom stereocenters. The number of para-hydroxylation sites is 2. The standard InChI is InChI=1S/C54H56N4O2/c1-3-35-31-57(27-23-37(35)29-51(57)53(59)45-21-25-55-49-19-11-9-17-43(45)49)33-47-39-13-5-7-15-41(39)48(42-16-8-6-14-40(42)47)34-58-28-24-38(36(4-2)32-58)30-52(58)54(60)46-22-26-56-50-20-12-10-18-44(46)50/h3-22,25-26,35-38,51-54,59-60H,1-2,23-24,27-34H2/q+2/t35-,36-,37-,38-,51+,52+,53-,54-,57-,58-/m0/s1. The van der Waals surface area contributed by atoms with E-state index in [1.807, 2.05) is 36.7 Å². The summed E-state index contributed by atoms with van der Waals surface area (Å²) in [4.78, 5) is 9.32. The van der Waals surface area contributed by atoms with E-state index in [-0.39, 0.29) is 12.1 Å². The second-order valence-electron chi connectivity index (χ2n) is 18.8. The number of hydrogen-bond acceptors (Lipinski definition) is 4. The minimum Gasteiger partial charge on any atom is -0.382 e. The van der Waals surface area contributed by atoms with Gasteiger partial charge >= 0.3 is 0 Å². The van der Waals surface area contributed by atoms with Crippen molar-refractivity contribution >= 4 is 43.4 Å². The lowest BCUT2D eigenvalue weighted by Crippen LogP contribution is -2.67. The molecule has 6 aliphatic heterocycles. The molecule has 6 fully saturated rings. The molecule has 0 saturated carbocycles. The molecule has 2 aromatic heterocycles. The van der Waals surface area contributed by atoms with E-state index in [1.54, 1.807) is 0 Å². The van der Waals surface area contributed by atoms with E-state index in [4.69, 9.17) is 0 Å². The SMILES string of the molecule is C=C[C@H]1C[N@+]2(Cc3c4ccccc4c(C[N@@+]45CC[C@@H](C[C@@H]4[C@@H](O)c4ccnc6ccccc46)[C@@H](C=C)C5)c4ccccc34)CC[C@H]1C[C@@H]2[C@@H](O)c1ccnc2ccccc12. The third-order valence-electron chi connectivity index (χ3n) is 16.2. The molecule has 8 heterocycles. The average molecular weight is 793 g/mol. The molecule has 60 heavy (non-hydrogen) atoms. The minimum atomic E-state index is -0.611. The Bertz CT molecular complexity index is 2540. The topological polar surface area (TPSA) is 66.2 Å². The van der Waals surface area contributed by atoms with Crippen LogP contribution in [0.5, 0.6) is 0 Å². The predicted molar refractivity (Wildman–Crippen MR) is 243 cm³/mol. The fourth-order valence-electron chi connectivity index (χ4n) is 13.2. The Morgan fingerprint density at radius 3 is 1.28 bits per heavy atom. The Balaban J connectivity index is 1.04. The van der Waals surface area contributed by atoms with E-state index >= 15 is 0 Å². The largest absolute Gasteiger partial charge is 0.382 e. The van der Waals surface area contributed by atoms with Crippen LogP contribution in [0.25, 0.3) is 43.4 Å². The zero-order valence-electron chi connectivity index (χ0n) is 34.5. The van der Waals surface area contributed by atoms with Crippen molar-refractivity contribution in [3.05, 3.63) is 169 Å². The molecule has 5 aromatic carbocycles. The number of rotatable bonds is 10. The summed E-state index contributed by atoms with van der Waals surface area (Å²) >= 11 is 0. The lowest BCUT2D eigenvalue weighted by atomic mass is 9.70. The molecule has 6 heteroatoms. The number of benzene rings is 5. The first-order chi connectivity index (χ1) is 29.4. The van der Waals surface area contributed by atoms with Gasteiger partial charge in [-0.3, -0.25) is 9.97 Å². The lowest BCUT2D eigenvalue weighted by Gasteiger charge is -2.58. The molecule has 0 aliphatic carbocycles. The number of aliphatic hydroxyl groups excluding tert-OH is 2. The number of hydrogen-bond donors (Lipinski definition) is 2. The number of quaternary nitrogens is 2. The quantitative estimate of drug-likeness (QED) is 0.0823. The van der Waals surface area contributed by atoms with E-state index in [9.17, 15) is 10.2 Å². The van der Waals surface area contributed by atoms with Gasteiger partial charge in [0.25, 0.3) is 0 Å². The monoisotopic (exact) mass is 792 g/mol. The van der Waals surface area contributed by atoms with Gasteiger partial charge in [-0.1, -0.05) is 97.1 Å². The molecule has 13 rings (SSSR count). The molecule has 0 radical (unpaired) electrons. The van der Waals surface area contributed by atoms with Gasteiger partial charge < -0.3 is 19.2 Å². The second-order valence-corrected chi connectivity index (χ2v) is 18.8. The van der Waals surface area contributed by atoms with Crippen molar-refractivity contribution in [1.29, 1.82) is 0 Å². The fourth-order valence-corrected chi connectivity index (χ4v) is 13.2. The summed E-state index contributed by atoms with van der Waals surface area (Å²) in [6.07, 6.45) is 11.2. The molecular weight excluding hydrogens is 737 g/mol. The van der Waals surface area contributed by atoms with Gasteiger partial charge in [0.15, 0.2) is 0 Å². The van der Waals surface area contributed by atoms with Gasteiger partial charge in [-0.05, 0) is 68.8 Å². The summed E-state index contributed by atoms with van der Waals surface area (Å²) in [7, 11) is 0. The van der Waals surface area contributed by atoms with Crippen molar-refractivity contribution < 1.29 is 19.2 Å². The van der Waals surface area contributed by atoms with E-state index in [0.29, 0.717) is 23.7 Å². The number of fused-ring (bicyclic) bond motifs is 10. The first-order valence-corrected chi connectivity index (χ1v) is 22.3. The van der Waals surface area contributed by atoms with E-state index in [1.165, 1.54) is 32.7 Å². The Kier molecular flexibility index (Phi) is 9.27. The van der Waals surface area contributed by atoms with Crippen molar-refractivity contribution in [2.75, 3.05) is 26.2 Å². The van der Waals surface area contributed by atoms with Crippen LogP contribution in [0.15, 0.2) is 147 Å². The van der Waals surface area contributed by atoms with Crippen LogP contribution in [0, 0.1) is 23.7 Å². The fraction of sp³-hybridized carbons (Fsp3) is 0.333. The summed E-state index contributed by atoms with van der Waals surface area (Å²) in [5, 5.41) is 32.6. The highest BCUT2D eigenvalue weighted by atomic mass is 16.3. The second kappa shape index (κ2) is 14.7. The van der Waals surface area contributed by atoms with Gasteiger partial charge in [0.1, 0.15) is 37.4 Å². The zero-order chi connectivity index (χ0) is 40.6. The van der Waals surface area contributed by atoms with E-state index < -0.39 is 12.2 Å². The summed E-state index contributed by atoms with van der Waals surface area (Å²) in [5.41, 5.74) is 6.60. The Hall–Kier alpha value is -5.24. The maximum absolute atomic E-state index is 12.6. The number of aliphatic hydroxyl groups is 2. The van der Waals surface area contributed by atoms with Gasteiger partial charge in [-0.25, -0.2) is 0 Å². The number of nitrogens with zero attached hydrogens (tertiary/aromatic N) is 4. The molecule has 6 nitrogen and oxygen atoms in total. The number of aromatic nitrogens is 2. The van der Waals surface area contributed by atoms with Crippen molar-refractivity contribution in [3.8, 4) is 0 Å². The molecule has 0 amide bonds. The maximum Gasteiger partial charge on any atom is 0.131 e. The molecule has 7 aromatic rings. The van der Waals surface area contributed by atoms with Gasteiger partial charge in [0.2, 0.25) is 0 Å². The number of piperidine rings is 6. The van der Waals surface area contributed by atoms with Crippen LogP contribution >= 0.6 is 0 Å². The highest BCUT2D eigenvalue weighted by molar-refractivity contribution is 6.05. The Labute approximate surface area is 353 Å². The van der Waals surface area contributed by atoms with Gasteiger partial charge in [0.05, 0.1) is 37.2 Å². The molecule has 302 valence electrons. The van der Waals surface area contributed by atoms with E-state index in [0.717, 1.165) is 107 Å². The summed E-state index contributed by atoms with van der Waals surface area (Å²) in [5.74, 6) is 1.90. The minimum absolute atomic E-state index is 0.0540. The van der Waals surface area contributed by atoms with Gasteiger partial charge in [-0.2, -0.15) is 0 Å². The Morgan fingerprint density at radius 2 is 0.900 bits per heavy atom. The van der Waals surface area contributed by atoms with Crippen LogP contribution in [0.3, 0.4) is 0 Å². The zero-order valence-corrected chi connectivity index (χ0v) is 34.5. The first-order valence-electron chi connectivity index (χ1n) is 22.3. The molecule has 6 aliphatic rings. The van der Waals surface area contributed by atoms with Crippen LogP contribution in [-0.2, 0) is 13.1 Å². The molecule has 2 N–H and O–H groups in total. The molecular formula is C54H56N4O2+2. The molecule has 10 atom stereocenters. The average Bonchev–Trinajstić information content (AvgIpc) is 3.31. The molecule has 0 spiro atoms. The van der Waals surface area contributed by atoms with Gasteiger partial charge in [-0.15, -0.1) is 13.2 Å². The van der Waals surface area contributed by atoms with Crippen LogP contribution in [0.2, 0.25) is 0 Å². The van der Waals surface area contributed by atoms with E-state index in [2.05, 4.69) is 120 Å². The van der Waals surface area contributed by atoms with Crippen LogP contribution in [0.1, 0.15) is 60.1 Å². The lowest BCUT2D eigenvalue weighted by molar-refractivity contribution is -0.984. The van der Waals surface area contributed by atoms with Gasteiger partial charge in [0, 0.05) is 71.8 Å². The van der Waals surface area contributed by atoms with Crippen molar-refractivity contribution in [2.24, 2.45) is 23.7 Å². The maximum atomic E-state index is 12.6. The molecule has 6 saturated heterocycles. The third-order valence-corrected chi connectivity index (χ3v) is 16.2. The van der Waals surface area contributed by atoms with Crippen LogP contribution in [0.4, 0.5) is 0 Å². The Morgan fingerprint density at radius 1 is 0.533 bits per heavy atom. The van der Waals surface area contributed by atoms with Crippen LogP contribution < -0.4 is 0 Å². The number of pyridine rings is 2. The smallest absolute Gasteiger partial charge is 0.131 e. The third kappa shape index (κ3) is 5.90. The normalized spacial score (nSPS) is 29.6. The van der Waals surface area contributed by atoms with Crippen molar-refractivity contribution in [1.82, 2.24) is 9.97 Å². The van der Waals surface area contributed by atoms with Crippen molar-refractivity contribution in [2.45, 2.75) is 63.1 Å². The van der Waals surface area contributed by atoms with Crippen molar-refractivity contribution in [3.63, 3.8) is 0 Å². The summed E-state index contributed by atoms with van der Waals surface area (Å²) < 4.78 is 1.68. The predicted octanol–water partition coefficient (Wildman–Crippen LogP) is 10.4. The first kappa shape index (κ1) is 37.7. The summed E-state index contributed by atoms with van der Waals surface area (Å²) in [6.45, 7) is 14.4. The van der Waals surface area contributed by atoms with Crippen LogP contribution in [-0.4, -0.2) is 67.4 Å². The molecule has 4 bridgehead atoms. The highest BCUT2D eigenvalue weighted by Gasteiger charge is 2.56. The summed E-state index contributed by atoms with van der Waals surface area (Å²) in [6, 6.07) is 39.0.